The average Bonchev–Trinajstić information content (AvgIpc) is 2.56. The van der Waals surface area contributed by atoms with Gasteiger partial charge in [0.1, 0.15) is 12.9 Å². The van der Waals surface area contributed by atoms with Crippen molar-refractivity contribution in [3.63, 3.8) is 0 Å². The first-order chi connectivity index (χ1) is 11.1. The Morgan fingerprint density at radius 1 is 1.09 bits per heavy atom. The molecule has 5 nitrogen and oxygen atoms in total. The van der Waals surface area contributed by atoms with Crippen molar-refractivity contribution >= 4 is 12.4 Å². The number of ether oxygens (including phenoxy) is 1. The van der Waals surface area contributed by atoms with Crippen LogP contribution in [-0.2, 0) is 9.53 Å². The monoisotopic (exact) mass is 328 g/mol. The molecule has 0 aliphatic heterocycles. The molecule has 0 unspecified atom stereocenters. The molecule has 0 fully saturated rings. The van der Waals surface area contributed by atoms with E-state index in [1.165, 1.54) is 25.7 Å². The minimum Gasteiger partial charge on any atom is -0.448 e. The Balaban J connectivity index is 3.66. The molecular formula is C18H36N2O3. The number of carbonyl (C=O) groups excluding carboxylic acids is 2. The van der Waals surface area contributed by atoms with E-state index in [2.05, 4.69) is 24.1 Å². The largest absolute Gasteiger partial charge is 0.448 e. The lowest BCUT2D eigenvalue weighted by Gasteiger charge is -2.21. The highest BCUT2D eigenvalue weighted by atomic mass is 16.5. The molecule has 1 atom stereocenters. The Morgan fingerprint density at radius 3 is 2.30 bits per heavy atom. The van der Waals surface area contributed by atoms with Crippen molar-refractivity contribution in [1.29, 1.82) is 0 Å². The lowest BCUT2D eigenvalue weighted by Crippen LogP contribution is -2.32. The molecule has 0 rings (SSSR count). The normalized spacial score (nSPS) is 12.2. The third kappa shape index (κ3) is 14.2. The molecule has 1 amide bonds. The van der Waals surface area contributed by atoms with Gasteiger partial charge in [-0.05, 0) is 38.8 Å². The number of aldehydes is 1. The quantitative estimate of drug-likeness (QED) is 0.368. The Hall–Kier alpha value is -1.10. The van der Waals surface area contributed by atoms with Crippen LogP contribution in [0, 0.1) is 5.92 Å². The van der Waals surface area contributed by atoms with Crippen LogP contribution in [0.4, 0.5) is 4.79 Å². The molecule has 0 saturated carbocycles. The van der Waals surface area contributed by atoms with E-state index in [9.17, 15) is 9.59 Å². The van der Waals surface area contributed by atoms with E-state index in [1.54, 1.807) is 0 Å². The van der Waals surface area contributed by atoms with Crippen LogP contribution in [0.15, 0.2) is 0 Å². The molecule has 0 aromatic heterocycles. The van der Waals surface area contributed by atoms with Crippen molar-refractivity contribution < 1.29 is 14.3 Å². The zero-order valence-electron chi connectivity index (χ0n) is 15.3. The fraction of sp³-hybridized carbons (Fsp3) is 0.889. The van der Waals surface area contributed by atoms with Gasteiger partial charge in [-0.25, -0.2) is 4.79 Å². The molecule has 0 spiro atoms. The summed E-state index contributed by atoms with van der Waals surface area (Å²) in [6, 6.07) is 0. The fourth-order valence-electron chi connectivity index (χ4n) is 2.27. The summed E-state index contributed by atoms with van der Waals surface area (Å²) in [6.45, 7) is 10.3. The van der Waals surface area contributed by atoms with Gasteiger partial charge in [-0.15, -0.1) is 0 Å². The number of nitrogens with zero attached hydrogens (tertiary/aromatic N) is 1. The maximum atomic E-state index is 11.6. The molecule has 136 valence electrons. The third-order valence-corrected chi connectivity index (χ3v) is 3.88. The molecule has 0 saturated heterocycles. The number of nitrogens with one attached hydrogen (secondary N) is 1. The molecule has 0 radical (unpaired) electrons. The first-order valence-corrected chi connectivity index (χ1v) is 9.22. The minimum atomic E-state index is -0.334. The van der Waals surface area contributed by atoms with Crippen molar-refractivity contribution in [2.75, 3.05) is 32.8 Å². The van der Waals surface area contributed by atoms with Crippen LogP contribution < -0.4 is 5.32 Å². The number of unbranched alkanes of at least 4 members (excludes halogenated alkanes) is 3. The van der Waals surface area contributed by atoms with Gasteiger partial charge in [0.05, 0.1) is 0 Å². The van der Waals surface area contributed by atoms with Crippen molar-refractivity contribution in [2.24, 2.45) is 5.92 Å². The molecule has 1 N–H and O–H groups in total. The first-order valence-electron chi connectivity index (χ1n) is 9.22. The van der Waals surface area contributed by atoms with Gasteiger partial charge in [0.2, 0.25) is 0 Å². The highest BCUT2D eigenvalue weighted by molar-refractivity contribution is 5.66. The second kappa shape index (κ2) is 15.8. The SMILES string of the molecule is CCCCN(CCCC)CCOC(=O)NCCCC[C@H](C)C=O. The summed E-state index contributed by atoms with van der Waals surface area (Å²) in [7, 11) is 0. The van der Waals surface area contributed by atoms with E-state index >= 15 is 0 Å². The maximum absolute atomic E-state index is 11.6. The maximum Gasteiger partial charge on any atom is 0.407 e. The molecule has 0 aromatic rings. The van der Waals surface area contributed by atoms with E-state index in [0.717, 1.165) is 45.2 Å². The smallest absolute Gasteiger partial charge is 0.407 e. The van der Waals surface area contributed by atoms with Gasteiger partial charge in [-0.3, -0.25) is 4.90 Å². The molecule has 0 aliphatic rings. The van der Waals surface area contributed by atoms with Crippen molar-refractivity contribution in [3.05, 3.63) is 0 Å². The lowest BCUT2D eigenvalue weighted by atomic mass is 10.1. The first kappa shape index (κ1) is 21.9. The van der Waals surface area contributed by atoms with Crippen LogP contribution in [0.25, 0.3) is 0 Å². The minimum absolute atomic E-state index is 0.110. The summed E-state index contributed by atoms with van der Waals surface area (Å²) < 4.78 is 5.23. The van der Waals surface area contributed by atoms with Crippen LogP contribution in [0.5, 0.6) is 0 Å². The third-order valence-electron chi connectivity index (χ3n) is 3.88. The van der Waals surface area contributed by atoms with E-state index in [0.29, 0.717) is 13.2 Å². The van der Waals surface area contributed by atoms with Gasteiger partial charge in [0, 0.05) is 19.0 Å². The van der Waals surface area contributed by atoms with Crippen LogP contribution in [0.3, 0.4) is 0 Å². The number of hydrogen-bond donors (Lipinski definition) is 1. The van der Waals surface area contributed by atoms with Gasteiger partial charge in [-0.2, -0.15) is 0 Å². The van der Waals surface area contributed by atoms with Gasteiger partial charge in [-0.1, -0.05) is 40.0 Å². The number of hydrogen-bond acceptors (Lipinski definition) is 4. The van der Waals surface area contributed by atoms with E-state index in [1.807, 2.05) is 6.92 Å². The van der Waals surface area contributed by atoms with Crippen LogP contribution in [-0.4, -0.2) is 50.1 Å². The van der Waals surface area contributed by atoms with Gasteiger partial charge >= 0.3 is 6.09 Å². The summed E-state index contributed by atoms with van der Waals surface area (Å²) >= 11 is 0. The van der Waals surface area contributed by atoms with Crippen LogP contribution in [0.2, 0.25) is 0 Å². The highest BCUT2D eigenvalue weighted by Crippen LogP contribution is 2.04. The Labute approximate surface area is 142 Å². The summed E-state index contributed by atoms with van der Waals surface area (Å²) in [6.07, 6.45) is 8.10. The number of rotatable bonds is 15. The average molecular weight is 328 g/mol. The van der Waals surface area contributed by atoms with Crippen LogP contribution >= 0.6 is 0 Å². The molecule has 5 heteroatoms. The second-order valence-electron chi connectivity index (χ2n) is 6.22. The summed E-state index contributed by atoms with van der Waals surface area (Å²) in [5, 5.41) is 2.77. The molecule has 0 heterocycles. The Kier molecular flexibility index (Phi) is 15.0. The summed E-state index contributed by atoms with van der Waals surface area (Å²) in [4.78, 5) is 24.5. The fourth-order valence-corrected chi connectivity index (χ4v) is 2.27. The van der Waals surface area contributed by atoms with Crippen molar-refractivity contribution in [2.45, 2.75) is 65.7 Å². The van der Waals surface area contributed by atoms with E-state index in [-0.39, 0.29) is 12.0 Å². The predicted molar refractivity (Wildman–Crippen MR) is 94.7 cm³/mol. The topological polar surface area (TPSA) is 58.6 Å². The van der Waals surface area contributed by atoms with E-state index in [4.69, 9.17) is 4.74 Å². The van der Waals surface area contributed by atoms with Crippen molar-refractivity contribution in [1.82, 2.24) is 10.2 Å². The highest BCUT2D eigenvalue weighted by Gasteiger charge is 2.06. The van der Waals surface area contributed by atoms with Gasteiger partial charge in [0.15, 0.2) is 0 Å². The molecule has 0 aromatic carbocycles. The molecule has 0 bridgehead atoms. The zero-order valence-corrected chi connectivity index (χ0v) is 15.3. The Morgan fingerprint density at radius 2 is 1.74 bits per heavy atom. The standard InChI is InChI=1S/C18H36N2O3/c1-4-6-12-20(13-7-5-2)14-15-23-18(22)19-11-9-8-10-17(3)16-21/h16-17H,4-15H2,1-3H3,(H,19,22)/t17-/m0/s1. The second-order valence-corrected chi connectivity index (χ2v) is 6.22. The lowest BCUT2D eigenvalue weighted by molar-refractivity contribution is -0.110. The number of carbonyl (C=O) groups is 2. The molecule has 23 heavy (non-hydrogen) atoms. The predicted octanol–water partition coefficient (Wildman–Crippen LogP) is 3.62. The number of amides is 1. The zero-order chi connectivity index (χ0) is 17.3. The van der Waals surface area contributed by atoms with Gasteiger partial charge < -0.3 is 14.8 Å². The van der Waals surface area contributed by atoms with E-state index < -0.39 is 0 Å². The van der Waals surface area contributed by atoms with Crippen LogP contribution in [0.1, 0.15) is 65.7 Å². The summed E-state index contributed by atoms with van der Waals surface area (Å²) in [5.74, 6) is 0.110. The molecular weight excluding hydrogens is 292 g/mol. The summed E-state index contributed by atoms with van der Waals surface area (Å²) in [5.41, 5.74) is 0. The number of alkyl carbamates (subject to hydrolysis) is 1. The van der Waals surface area contributed by atoms with Gasteiger partial charge in [0.25, 0.3) is 0 Å². The molecule has 0 aliphatic carbocycles. The Bertz CT molecular complexity index is 290. The van der Waals surface area contributed by atoms with Crippen molar-refractivity contribution in [3.8, 4) is 0 Å².